The molecule has 142 valence electrons. The Morgan fingerprint density at radius 1 is 1.30 bits per heavy atom. The highest BCUT2D eigenvalue weighted by molar-refractivity contribution is 5.86. The summed E-state index contributed by atoms with van der Waals surface area (Å²) < 4.78 is 5.81. The topological polar surface area (TPSA) is 78.5 Å². The fraction of sp³-hybridized carbons (Fsp3) is 0.450. The predicted octanol–water partition coefficient (Wildman–Crippen LogP) is 1.67. The van der Waals surface area contributed by atoms with Gasteiger partial charge in [0.1, 0.15) is 6.61 Å². The second-order valence-corrected chi connectivity index (χ2v) is 7.32. The van der Waals surface area contributed by atoms with Crippen LogP contribution in [0.3, 0.4) is 0 Å². The molecule has 2 aliphatic heterocycles. The van der Waals surface area contributed by atoms with Crippen LogP contribution in [0.1, 0.15) is 36.8 Å². The van der Waals surface area contributed by atoms with Crippen molar-refractivity contribution in [2.45, 2.75) is 45.0 Å². The van der Waals surface area contributed by atoms with Crippen LogP contribution in [-0.4, -0.2) is 56.9 Å². The van der Waals surface area contributed by atoms with Gasteiger partial charge in [-0.1, -0.05) is 30.3 Å². The van der Waals surface area contributed by atoms with E-state index in [1.165, 1.54) is 0 Å². The van der Waals surface area contributed by atoms with Gasteiger partial charge in [-0.05, 0) is 19.4 Å². The molecule has 0 spiro atoms. The van der Waals surface area contributed by atoms with Crippen LogP contribution in [0.25, 0.3) is 0 Å². The van der Waals surface area contributed by atoms with Crippen LogP contribution in [0.15, 0.2) is 36.7 Å². The Morgan fingerprint density at radius 3 is 2.81 bits per heavy atom. The summed E-state index contributed by atoms with van der Waals surface area (Å²) in [6.45, 7) is 4.97. The van der Waals surface area contributed by atoms with Crippen LogP contribution in [-0.2, 0) is 27.3 Å². The lowest BCUT2D eigenvalue weighted by atomic mass is 9.95. The Balaban J connectivity index is 1.65. The van der Waals surface area contributed by atoms with Gasteiger partial charge >= 0.3 is 0 Å². The van der Waals surface area contributed by atoms with E-state index in [1.54, 1.807) is 16.1 Å². The molecule has 1 aromatic heterocycles. The summed E-state index contributed by atoms with van der Waals surface area (Å²) in [6, 6.07) is 9.22. The molecule has 0 bridgehead atoms. The number of carbonyl (C=O) groups is 2. The number of nitrogens with zero attached hydrogens (tertiary/aromatic N) is 3. The number of hydrogen-bond donors (Lipinski definition) is 1. The fourth-order valence-corrected chi connectivity index (χ4v) is 4.01. The van der Waals surface area contributed by atoms with Crippen LogP contribution >= 0.6 is 0 Å². The van der Waals surface area contributed by atoms with E-state index in [0.29, 0.717) is 13.1 Å². The highest BCUT2D eigenvalue weighted by Gasteiger charge is 2.44. The van der Waals surface area contributed by atoms with Crippen molar-refractivity contribution >= 4 is 11.8 Å². The molecular weight excluding hydrogens is 344 g/mol. The van der Waals surface area contributed by atoms with E-state index in [2.05, 4.69) is 9.97 Å². The smallest absolute Gasteiger partial charge is 0.254 e. The van der Waals surface area contributed by atoms with Gasteiger partial charge in [0.25, 0.3) is 5.91 Å². The molecule has 2 atom stereocenters. The molecular formula is C20H24N4O3. The molecule has 0 radical (unpaired) electrons. The number of imidazole rings is 1. The van der Waals surface area contributed by atoms with Crippen molar-refractivity contribution in [1.82, 2.24) is 19.8 Å². The first kappa shape index (κ1) is 17.7. The van der Waals surface area contributed by atoms with Gasteiger partial charge in [-0.25, -0.2) is 4.98 Å². The minimum atomic E-state index is -0.711. The van der Waals surface area contributed by atoms with Gasteiger partial charge in [-0.15, -0.1) is 0 Å². The van der Waals surface area contributed by atoms with E-state index in [9.17, 15) is 9.59 Å². The maximum Gasteiger partial charge on any atom is 0.254 e. The Kier molecular flexibility index (Phi) is 4.70. The summed E-state index contributed by atoms with van der Waals surface area (Å²) in [5, 5.41) is 0. The van der Waals surface area contributed by atoms with Crippen molar-refractivity contribution < 1.29 is 14.3 Å². The van der Waals surface area contributed by atoms with E-state index in [0.717, 1.165) is 23.4 Å². The highest BCUT2D eigenvalue weighted by atomic mass is 16.5. The first-order valence-corrected chi connectivity index (χ1v) is 9.34. The number of carbonyl (C=O) groups excluding carboxylic acids is 2. The average Bonchev–Trinajstić information content (AvgIpc) is 3.15. The zero-order valence-electron chi connectivity index (χ0n) is 15.6. The van der Waals surface area contributed by atoms with Crippen molar-refractivity contribution in [3.8, 4) is 0 Å². The molecule has 2 aromatic rings. The lowest BCUT2D eigenvalue weighted by molar-refractivity contribution is -0.172. The number of aromatic amines is 1. The summed E-state index contributed by atoms with van der Waals surface area (Å²) in [5.41, 5.74) is 2.90. The third-order valence-corrected chi connectivity index (χ3v) is 5.29. The number of rotatable bonds is 3. The van der Waals surface area contributed by atoms with E-state index in [1.807, 2.05) is 44.2 Å². The van der Waals surface area contributed by atoms with E-state index >= 15 is 0 Å². The third kappa shape index (κ3) is 3.23. The van der Waals surface area contributed by atoms with Crippen LogP contribution in [0.5, 0.6) is 0 Å². The first-order chi connectivity index (χ1) is 13.1. The molecule has 3 heterocycles. The molecule has 0 unspecified atom stereocenters. The number of benzene rings is 1. The number of H-pyrrole nitrogens is 1. The number of fused-ring (bicyclic) bond motifs is 1. The lowest BCUT2D eigenvalue weighted by Gasteiger charge is -2.44. The zero-order valence-corrected chi connectivity index (χ0v) is 15.6. The van der Waals surface area contributed by atoms with Gasteiger partial charge < -0.3 is 19.5 Å². The van der Waals surface area contributed by atoms with Crippen LogP contribution in [0.4, 0.5) is 0 Å². The van der Waals surface area contributed by atoms with Crippen molar-refractivity contribution in [3.63, 3.8) is 0 Å². The summed E-state index contributed by atoms with van der Waals surface area (Å²) >= 11 is 0. The van der Waals surface area contributed by atoms with Crippen LogP contribution < -0.4 is 0 Å². The number of amides is 2. The highest BCUT2D eigenvalue weighted by Crippen LogP contribution is 2.33. The largest absolute Gasteiger partial charge is 0.356 e. The van der Waals surface area contributed by atoms with Crippen LogP contribution in [0, 0.1) is 0 Å². The van der Waals surface area contributed by atoms with E-state index in [4.69, 9.17) is 4.74 Å². The molecule has 27 heavy (non-hydrogen) atoms. The van der Waals surface area contributed by atoms with Crippen molar-refractivity contribution in [2.75, 3.05) is 13.2 Å². The summed E-state index contributed by atoms with van der Waals surface area (Å²) in [6.07, 6.45) is 1.68. The first-order valence-electron chi connectivity index (χ1n) is 9.34. The maximum absolute atomic E-state index is 13.4. The number of hydrogen-bond acceptors (Lipinski definition) is 4. The molecule has 1 N–H and O–H groups in total. The molecule has 1 aromatic carbocycles. The second-order valence-electron chi connectivity index (χ2n) is 7.32. The predicted molar refractivity (Wildman–Crippen MR) is 98.6 cm³/mol. The fourth-order valence-electron chi connectivity index (χ4n) is 4.01. The van der Waals surface area contributed by atoms with Gasteiger partial charge in [0.15, 0.2) is 6.10 Å². The Labute approximate surface area is 158 Å². The van der Waals surface area contributed by atoms with E-state index < -0.39 is 12.1 Å². The van der Waals surface area contributed by atoms with Gasteiger partial charge in [0.05, 0.1) is 30.3 Å². The number of morpholine rings is 1. The minimum absolute atomic E-state index is 0.0255. The van der Waals surface area contributed by atoms with Crippen molar-refractivity contribution in [3.05, 3.63) is 53.6 Å². The maximum atomic E-state index is 13.4. The average molecular weight is 368 g/mol. The molecule has 0 saturated carbocycles. The number of nitrogens with one attached hydrogen (secondary N) is 1. The Morgan fingerprint density at radius 2 is 2.07 bits per heavy atom. The second kappa shape index (κ2) is 7.15. The third-order valence-electron chi connectivity index (χ3n) is 5.29. The van der Waals surface area contributed by atoms with Gasteiger partial charge in [-0.2, -0.15) is 0 Å². The molecule has 2 amide bonds. The van der Waals surface area contributed by atoms with E-state index in [-0.39, 0.29) is 24.5 Å². The molecule has 1 saturated heterocycles. The minimum Gasteiger partial charge on any atom is -0.356 e. The molecule has 7 nitrogen and oxygen atoms in total. The molecule has 1 fully saturated rings. The SMILES string of the molecule is CC(C)N1C(=O)CO[C@H](C(=O)N2CCc3nc[nH]c3C2)[C@H]1c1ccccc1. The normalized spacial score (nSPS) is 22.9. The van der Waals surface area contributed by atoms with Gasteiger partial charge in [0.2, 0.25) is 5.91 Å². The van der Waals surface area contributed by atoms with Crippen molar-refractivity contribution in [2.24, 2.45) is 0 Å². The summed E-state index contributed by atoms with van der Waals surface area (Å²) in [4.78, 5) is 36.9. The Bertz CT molecular complexity index is 833. The van der Waals surface area contributed by atoms with Gasteiger partial charge in [-0.3, -0.25) is 9.59 Å². The molecule has 4 rings (SSSR count). The Hall–Kier alpha value is -2.67. The number of aromatic nitrogens is 2. The van der Waals surface area contributed by atoms with Gasteiger partial charge in [0, 0.05) is 19.0 Å². The number of ether oxygens (including phenoxy) is 1. The standard InChI is InChI=1S/C20H24N4O3/c1-13(2)24-17(25)11-27-19(18(24)14-6-4-3-5-7-14)20(26)23-9-8-15-16(10-23)22-12-21-15/h3-7,12-13,18-19H,8-11H2,1-2H3,(H,21,22)/t18-,19+/m1/s1. The molecule has 7 heteroatoms. The zero-order chi connectivity index (χ0) is 19.0. The monoisotopic (exact) mass is 368 g/mol. The van der Waals surface area contributed by atoms with Crippen LogP contribution in [0.2, 0.25) is 0 Å². The molecule has 2 aliphatic rings. The summed E-state index contributed by atoms with van der Waals surface area (Å²) in [5.74, 6) is -0.167. The van der Waals surface area contributed by atoms with Crippen molar-refractivity contribution in [1.29, 1.82) is 0 Å². The quantitative estimate of drug-likeness (QED) is 0.894. The lowest BCUT2D eigenvalue weighted by Crippen LogP contribution is -2.57. The molecule has 0 aliphatic carbocycles. The summed E-state index contributed by atoms with van der Waals surface area (Å²) in [7, 11) is 0.